The normalized spacial score (nSPS) is 11.1. The smallest absolute Gasteiger partial charge is 0.338 e. The number of nitrogens with one attached hydrogen (secondary N) is 1. The Labute approximate surface area is 194 Å². The third-order valence-corrected chi connectivity index (χ3v) is 5.42. The van der Waals surface area contributed by atoms with Gasteiger partial charge in [-0.3, -0.25) is 4.79 Å². The molecule has 168 valence electrons. The zero-order valence-electron chi connectivity index (χ0n) is 19.3. The fourth-order valence-electron chi connectivity index (χ4n) is 3.74. The number of nitrogens with zero attached hydrogens (tertiary/aromatic N) is 2. The van der Waals surface area contributed by atoms with Crippen LogP contribution in [0.2, 0.25) is 0 Å². The Morgan fingerprint density at radius 2 is 1.79 bits per heavy atom. The SMILES string of the molecule is CCOC(=O)c1ccc(-n2c(C)cc(/C=C(/C#N)C(=O)Nc3ccccc3CC)c2C)cc1. The summed E-state index contributed by atoms with van der Waals surface area (Å²) in [5, 5.41) is 12.5. The molecule has 0 saturated heterocycles. The number of nitriles is 1. The van der Waals surface area contributed by atoms with Crippen molar-refractivity contribution in [2.75, 3.05) is 11.9 Å². The Kier molecular flexibility index (Phi) is 7.47. The van der Waals surface area contributed by atoms with E-state index in [1.165, 1.54) is 0 Å². The maximum absolute atomic E-state index is 12.8. The Bertz CT molecular complexity index is 1240. The second-order valence-corrected chi connectivity index (χ2v) is 7.56. The van der Waals surface area contributed by atoms with Crippen molar-refractivity contribution < 1.29 is 14.3 Å². The molecular weight excluding hydrogens is 414 g/mol. The van der Waals surface area contributed by atoms with E-state index in [9.17, 15) is 14.9 Å². The highest BCUT2D eigenvalue weighted by Crippen LogP contribution is 2.24. The first-order valence-corrected chi connectivity index (χ1v) is 10.9. The molecule has 0 atom stereocenters. The van der Waals surface area contributed by atoms with Gasteiger partial charge in [0.1, 0.15) is 11.6 Å². The van der Waals surface area contributed by atoms with Gasteiger partial charge in [0, 0.05) is 22.8 Å². The summed E-state index contributed by atoms with van der Waals surface area (Å²) in [5.41, 5.74) is 5.70. The van der Waals surface area contributed by atoms with E-state index in [0.717, 1.165) is 34.6 Å². The number of benzene rings is 2. The number of amides is 1. The van der Waals surface area contributed by atoms with E-state index < -0.39 is 5.91 Å². The summed E-state index contributed by atoms with van der Waals surface area (Å²) in [6, 6.07) is 18.6. The summed E-state index contributed by atoms with van der Waals surface area (Å²) < 4.78 is 7.05. The average Bonchev–Trinajstić information content (AvgIpc) is 3.10. The number of aromatic nitrogens is 1. The Morgan fingerprint density at radius 1 is 1.09 bits per heavy atom. The number of carbonyl (C=O) groups is 2. The van der Waals surface area contributed by atoms with Crippen LogP contribution >= 0.6 is 0 Å². The molecule has 3 rings (SSSR count). The van der Waals surface area contributed by atoms with Crippen molar-refractivity contribution in [2.24, 2.45) is 0 Å². The van der Waals surface area contributed by atoms with Gasteiger partial charge >= 0.3 is 5.97 Å². The predicted octanol–water partition coefficient (Wildman–Crippen LogP) is 5.38. The molecule has 0 aliphatic heterocycles. The van der Waals surface area contributed by atoms with Crippen LogP contribution in [0, 0.1) is 25.2 Å². The standard InChI is InChI=1S/C27H27N3O3/c1-5-20-9-7-8-10-25(20)29-26(31)23(17-28)16-22-15-18(3)30(19(22)4)24-13-11-21(12-14-24)27(32)33-6-2/h7-16H,5-6H2,1-4H3,(H,29,31)/b23-16-. The summed E-state index contributed by atoms with van der Waals surface area (Å²) in [5.74, 6) is -0.801. The largest absolute Gasteiger partial charge is 0.462 e. The third kappa shape index (κ3) is 5.21. The van der Waals surface area contributed by atoms with E-state index in [1.54, 1.807) is 25.1 Å². The van der Waals surface area contributed by atoms with E-state index in [2.05, 4.69) is 5.32 Å². The van der Waals surface area contributed by atoms with Crippen LogP contribution in [0.1, 0.15) is 46.7 Å². The minimum absolute atomic E-state index is 0.0267. The van der Waals surface area contributed by atoms with Crippen LogP contribution in [-0.2, 0) is 16.0 Å². The molecule has 1 N–H and O–H groups in total. The number of ether oxygens (including phenoxy) is 1. The summed E-state index contributed by atoms with van der Waals surface area (Å²) in [4.78, 5) is 24.7. The van der Waals surface area contributed by atoms with Crippen LogP contribution in [-0.4, -0.2) is 23.1 Å². The molecule has 0 unspecified atom stereocenters. The topological polar surface area (TPSA) is 84.1 Å². The second kappa shape index (κ2) is 10.5. The highest BCUT2D eigenvalue weighted by molar-refractivity contribution is 6.10. The molecule has 33 heavy (non-hydrogen) atoms. The number of para-hydroxylation sites is 1. The Hall–Kier alpha value is -4.11. The fraction of sp³-hybridized carbons (Fsp3) is 0.222. The molecule has 0 aliphatic carbocycles. The summed E-state index contributed by atoms with van der Waals surface area (Å²) >= 11 is 0. The molecule has 1 aromatic heterocycles. The number of hydrogen-bond donors (Lipinski definition) is 1. The minimum Gasteiger partial charge on any atom is -0.462 e. The van der Waals surface area contributed by atoms with Gasteiger partial charge in [0.25, 0.3) is 5.91 Å². The molecule has 0 fully saturated rings. The van der Waals surface area contributed by atoms with Crippen LogP contribution in [0.15, 0.2) is 60.2 Å². The molecule has 0 spiro atoms. The molecule has 0 bridgehead atoms. The monoisotopic (exact) mass is 441 g/mol. The van der Waals surface area contributed by atoms with Crippen molar-refractivity contribution in [3.63, 3.8) is 0 Å². The zero-order valence-corrected chi connectivity index (χ0v) is 19.3. The first-order valence-electron chi connectivity index (χ1n) is 10.9. The van der Waals surface area contributed by atoms with Crippen molar-refractivity contribution in [3.05, 3.63) is 88.2 Å². The van der Waals surface area contributed by atoms with E-state index in [-0.39, 0.29) is 11.5 Å². The highest BCUT2D eigenvalue weighted by Gasteiger charge is 2.15. The molecule has 0 saturated carbocycles. The van der Waals surface area contributed by atoms with Gasteiger partial charge in [-0.2, -0.15) is 5.26 Å². The van der Waals surface area contributed by atoms with Crippen molar-refractivity contribution in [3.8, 4) is 11.8 Å². The molecule has 1 heterocycles. The van der Waals surface area contributed by atoms with Gasteiger partial charge in [-0.15, -0.1) is 0 Å². The number of rotatable bonds is 7. The molecule has 0 aliphatic rings. The van der Waals surface area contributed by atoms with Crippen LogP contribution in [0.5, 0.6) is 0 Å². The summed E-state index contributed by atoms with van der Waals surface area (Å²) in [6.07, 6.45) is 2.38. The lowest BCUT2D eigenvalue weighted by Crippen LogP contribution is -2.14. The molecule has 2 aromatic carbocycles. The molecule has 6 nitrogen and oxygen atoms in total. The zero-order chi connectivity index (χ0) is 24.0. The lowest BCUT2D eigenvalue weighted by molar-refractivity contribution is -0.112. The molecule has 1 amide bonds. The number of aryl methyl sites for hydroxylation is 2. The molecule has 6 heteroatoms. The fourth-order valence-corrected chi connectivity index (χ4v) is 3.74. The molecule has 3 aromatic rings. The van der Waals surface area contributed by atoms with Crippen LogP contribution in [0.25, 0.3) is 11.8 Å². The summed E-state index contributed by atoms with van der Waals surface area (Å²) in [7, 11) is 0. The van der Waals surface area contributed by atoms with E-state index in [4.69, 9.17) is 4.74 Å². The Morgan fingerprint density at radius 3 is 2.42 bits per heavy atom. The van der Waals surface area contributed by atoms with Crippen molar-refractivity contribution in [2.45, 2.75) is 34.1 Å². The van der Waals surface area contributed by atoms with Gasteiger partial charge in [0.15, 0.2) is 0 Å². The maximum atomic E-state index is 12.8. The number of hydrogen-bond acceptors (Lipinski definition) is 4. The lowest BCUT2D eigenvalue weighted by atomic mass is 10.1. The number of carbonyl (C=O) groups excluding carboxylic acids is 2. The van der Waals surface area contributed by atoms with Gasteiger partial charge < -0.3 is 14.6 Å². The van der Waals surface area contributed by atoms with Crippen LogP contribution < -0.4 is 5.32 Å². The predicted molar refractivity (Wildman–Crippen MR) is 129 cm³/mol. The average molecular weight is 442 g/mol. The van der Waals surface area contributed by atoms with Gasteiger partial charge in [0.05, 0.1) is 12.2 Å². The molecular formula is C27H27N3O3. The van der Waals surface area contributed by atoms with Gasteiger partial charge in [-0.1, -0.05) is 25.1 Å². The van der Waals surface area contributed by atoms with Crippen molar-refractivity contribution in [1.82, 2.24) is 4.57 Å². The molecule has 0 radical (unpaired) electrons. The number of anilines is 1. The van der Waals surface area contributed by atoms with Crippen molar-refractivity contribution in [1.29, 1.82) is 5.26 Å². The summed E-state index contributed by atoms with van der Waals surface area (Å²) in [6.45, 7) is 7.99. The van der Waals surface area contributed by atoms with E-state index in [1.807, 2.05) is 73.9 Å². The van der Waals surface area contributed by atoms with E-state index >= 15 is 0 Å². The van der Waals surface area contributed by atoms with Gasteiger partial charge in [-0.05, 0) is 80.8 Å². The Balaban J connectivity index is 1.89. The van der Waals surface area contributed by atoms with Crippen LogP contribution in [0.3, 0.4) is 0 Å². The quantitative estimate of drug-likeness (QED) is 0.303. The maximum Gasteiger partial charge on any atom is 0.338 e. The number of esters is 1. The second-order valence-electron chi connectivity index (χ2n) is 7.56. The van der Waals surface area contributed by atoms with Crippen molar-refractivity contribution >= 4 is 23.6 Å². The lowest BCUT2D eigenvalue weighted by Gasteiger charge is -2.11. The van der Waals surface area contributed by atoms with Gasteiger partial charge in [0.2, 0.25) is 0 Å². The first-order chi connectivity index (χ1) is 15.9. The van der Waals surface area contributed by atoms with E-state index in [0.29, 0.717) is 17.9 Å². The van der Waals surface area contributed by atoms with Crippen LogP contribution in [0.4, 0.5) is 5.69 Å². The highest BCUT2D eigenvalue weighted by atomic mass is 16.5. The third-order valence-electron chi connectivity index (χ3n) is 5.42. The van der Waals surface area contributed by atoms with Gasteiger partial charge in [-0.25, -0.2) is 4.79 Å². The first kappa shape index (κ1) is 23.6. The minimum atomic E-state index is -0.443.